The van der Waals surface area contributed by atoms with E-state index < -0.39 is 0 Å². The lowest BCUT2D eigenvalue weighted by Crippen LogP contribution is -1.87. The van der Waals surface area contributed by atoms with Gasteiger partial charge in [0.1, 0.15) is 0 Å². The molecule has 70 valence electrons. The van der Waals surface area contributed by atoms with Crippen molar-refractivity contribution in [1.29, 1.82) is 0 Å². The summed E-state index contributed by atoms with van der Waals surface area (Å²) in [5, 5.41) is 0. The Balaban J connectivity index is 3.89. The maximum atomic E-state index is 2.32. The first kappa shape index (κ1) is 11.5. The van der Waals surface area contributed by atoms with Gasteiger partial charge in [0.2, 0.25) is 0 Å². The summed E-state index contributed by atoms with van der Waals surface area (Å²) in [6.45, 7) is 11.1. The first-order chi connectivity index (χ1) is 5.57. The molecule has 0 aromatic rings. The maximum absolute atomic E-state index is 2.32. The van der Waals surface area contributed by atoms with Crippen LogP contribution in [-0.4, -0.2) is 0 Å². The predicted octanol–water partition coefficient (Wildman–Crippen LogP) is 4.34. The standard InChI is InChI=1S/C12H22/c1-6-11(4)8-7-9-12(5)10(2)3/h8-10H,6-7H2,1-5H3/b11-8?,12-9+. The first-order valence-corrected chi connectivity index (χ1v) is 4.90. The summed E-state index contributed by atoms with van der Waals surface area (Å²) >= 11 is 0. The Morgan fingerprint density at radius 2 is 1.75 bits per heavy atom. The number of rotatable bonds is 4. The van der Waals surface area contributed by atoms with Crippen LogP contribution in [0.2, 0.25) is 0 Å². The summed E-state index contributed by atoms with van der Waals surface area (Å²) in [5.74, 6) is 0.695. The zero-order chi connectivity index (χ0) is 9.56. The summed E-state index contributed by atoms with van der Waals surface area (Å²) in [6, 6.07) is 0. The van der Waals surface area contributed by atoms with Gasteiger partial charge in [-0.05, 0) is 32.6 Å². The van der Waals surface area contributed by atoms with E-state index in [1.165, 1.54) is 17.6 Å². The normalized spacial score (nSPS) is 14.2. The molecule has 0 nitrogen and oxygen atoms in total. The topological polar surface area (TPSA) is 0 Å². The molecule has 0 heteroatoms. The van der Waals surface area contributed by atoms with Crippen molar-refractivity contribution in [1.82, 2.24) is 0 Å². The molecule has 0 rings (SSSR count). The molecule has 0 heterocycles. The zero-order valence-electron chi connectivity index (χ0n) is 9.15. The lowest BCUT2D eigenvalue weighted by atomic mass is 10.0. The Bertz CT molecular complexity index is 170. The smallest absolute Gasteiger partial charge is 0.0164 e. The molecular formula is C12H22. The third-order valence-corrected chi connectivity index (χ3v) is 2.37. The van der Waals surface area contributed by atoms with Crippen LogP contribution in [0.4, 0.5) is 0 Å². The Morgan fingerprint density at radius 3 is 2.17 bits per heavy atom. The van der Waals surface area contributed by atoms with E-state index in [9.17, 15) is 0 Å². The molecule has 0 aliphatic heterocycles. The fourth-order valence-corrected chi connectivity index (χ4v) is 0.826. The molecule has 0 spiro atoms. The summed E-state index contributed by atoms with van der Waals surface area (Å²) in [4.78, 5) is 0. The van der Waals surface area contributed by atoms with E-state index in [1.54, 1.807) is 0 Å². The van der Waals surface area contributed by atoms with Crippen LogP contribution in [-0.2, 0) is 0 Å². The average molecular weight is 166 g/mol. The van der Waals surface area contributed by atoms with Gasteiger partial charge in [-0.15, -0.1) is 0 Å². The minimum absolute atomic E-state index is 0.695. The summed E-state index contributed by atoms with van der Waals surface area (Å²) in [6.07, 6.45) is 6.91. The number of hydrogen-bond acceptors (Lipinski definition) is 0. The highest BCUT2D eigenvalue weighted by Gasteiger charge is 1.93. The fourth-order valence-electron chi connectivity index (χ4n) is 0.826. The second kappa shape index (κ2) is 6.05. The Labute approximate surface area is 77.4 Å². The van der Waals surface area contributed by atoms with Crippen molar-refractivity contribution in [2.24, 2.45) is 5.92 Å². The van der Waals surface area contributed by atoms with Gasteiger partial charge < -0.3 is 0 Å². The molecule has 0 fully saturated rings. The Kier molecular flexibility index (Phi) is 5.79. The third-order valence-electron chi connectivity index (χ3n) is 2.37. The van der Waals surface area contributed by atoms with Crippen LogP contribution in [0, 0.1) is 5.92 Å². The number of allylic oxidation sites excluding steroid dienone is 4. The van der Waals surface area contributed by atoms with Crippen molar-refractivity contribution in [3.8, 4) is 0 Å². The molecule has 0 aromatic carbocycles. The summed E-state index contributed by atoms with van der Waals surface area (Å²) in [5.41, 5.74) is 2.98. The van der Waals surface area contributed by atoms with Crippen LogP contribution in [0.5, 0.6) is 0 Å². The highest BCUT2D eigenvalue weighted by atomic mass is 14.0. The van der Waals surface area contributed by atoms with Crippen molar-refractivity contribution >= 4 is 0 Å². The summed E-state index contributed by atoms with van der Waals surface area (Å²) < 4.78 is 0. The molecule has 0 saturated carbocycles. The van der Waals surface area contributed by atoms with E-state index in [-0.39, 0.29) is 0 Å². The van der Waals surface area contributed by atoms with Gasteiger partial charge in [0.05, 0.1) is 0 Å². The van der Waals surface area contributed by atoms with Crippen LogP contribution in [0.1, 0.15) is 47.5 Å². The van der Waals surface area contributed by atoms with Crippen molar-refractivity contribution in [3.05, 3.63) is 23.3 Å². The van der Waals surface area contributed by atoms with Crippen LogP contribution in [0.3, 0.4) is 0 Å². The molecule has 12 heavy (non-hydrogen) atoms. The van der Waals surface area contributed by atoms with Crippen molar-refractivity contribution in [3.63, 3.8) is 0 Å². The SMILES string of the molecule is CCC(C)=CC/C=C(\C)C(C)C. The molecule has 0 unspecified atom stereocenters. The molecule has 0 saturated heterocycles. The molecule has 0 atom stereocenters. The van der Waals surface area contributed by atoms with Crippen LogP contribution < -0.4 is 0 Å². The Hall–Kier alpha value is -0.520. The molecule has 0 N–H and O–H groups in total. The van der Waals surface area contributed by atoms with Gasteiger partial charge in [-0.2, -0.15) is 0 Å². The van der Waals surface area contributed by atoms with E-state index in [1.807, 2.05) is 0 Å². The van der Waals surface area contributed by atoms with Crippen LogP contribution in [0.15, 0.2) is 23.3 Å². The predicted molar refractivity (Wildman–Crippen MR) is 57.3 cm³/mol. The van der Waals surface area contributed by atoms with Gasteiger partial charge in [0, 0.05) is 0 Å². The van der Waals surface area contributed by atoms with Crippen LogP contribution in [0.25, 0.3) is 0 Å². The largest absolute Gasteiger partial charge is 0.0818 e. The minimum atomic E-state index is 0.695. The van der Waals surface area contributed by atoms with Crippen LogP contribution >= 0.6 is 0 Å². The third kappa shape index (κ3) is 5.17. The van der Waals surface area contributed by atoms with Gasteiger partial charge in [0.15, 0.2) is 0 Å². The lowest BCUT2D eigenvalue weighted by molar-refractivity contribution is 0.764. The monoisotopic (exact) mass is 166 g/mol. The Morgan fingerprint density at radius 1 is 1.17 bits per heavy atom. The summed E-state index contributed by atoms with van der Waals surface area (Å²) in [7, 11) is 0. The molecule has 0 aliphatic rings. The van der Waals surface area contributed by atoms with Crippen molar-refractivity contribution < 1.29 is 0 Å². The van der Waals surface area contributed by atoms with Gasteiger partial charge >= 0.3 is 0 Å². The molecule has 0 amide bonds. The van der Waals surface area contributed by atoms with Crippen molar-refractivity contribution in [2.75, 3.05) is 0 Å². The van der Waals surface area contributed by atoms with E-state index in [2.05, 4.69) is 46.8 Å². The number of hydrogen-bond donors (Lipinski definition) is 0. The first-order valence-electron chi connectivity index (χ1n) is 4.90. The highest BCUT2D eigenvalue weighted by Crippen LogP contribution is 2.10. The van der Waals surface area contributed by atoms with Gasteiger partial charge in [0.25, 0.3) is 0 Å². The van der Waals surface area contributed by atoms with E-state index in [0.29, 0.717) is 5.92 Å². The second-order valence-electron chi connectivity index (χ2n) is 3.74. The molecule has 0 bridgehead atoms. The van der Waals surface area contributed by atoms with Crippen molar-refractivity contribution in [2.45, 2.75) is 47.5 Å². The van der Waals surface area contributed by atoms with Gasteiger partial charge in [-0.3, -0.25) is 0 Å². The zero-order valence-corrected chi connectivity index (χ0v) is 9.15. The van der Waals surface area contributed by atoms with E-state index >= 15 is 0 Å². The minimum Gasteiger partial charge on any atom is -0.0818 e. The lowest BCUT2D eigenvalue weighted by Gasteiger charge is -2.03. The fraction of sp³-hybridized carbons (Fsp3) is 0.667. The van der Waals surface area contributed by atoms with E-state index in [0.717, 1.165) is 6.42 Å². The molecular weight excluding hydrogens is 144 g/mol. The molecule has 0 aromatic heterocycles. The van der Waals surface area contributed by atoms with Gasteiger partial charge in [-0.1, -0.05) is 44.1 Å². The average Bonchev–Trinajstić information content (AvgIpc) is 2.03. The van der Waals surface area contributed by atoms with Gasteiger partial charge in [-0.25, -0.2) is 0 Å². The maximum Gasteiger partial charge on any atom is -0.0164 e. The highest BCUT2D eigenvalue weighted by molar-refractivity contribution is 5.07. The molecule has 0 radical (unpaired) electrons. The van der Waals surface area contributed by atoms with E-state index in [4.69, 9.17) is 0 Å². The second-order valence-corrected chi connectivity index (χ2v) is 3.74. The molecule has 0 aliphatic carbocycles. The quantitative estimate of drug-likeness (QED) is 0.545.